The summed E-state index contributed by atoms with van der Waals surface area (Å²) in [6.07, 6.45) is 0.189. The molecule has 0 saturated carbocycles. The van der Waals surface area contributed by atoms with Crippen LogP contribution >= 0.6 is 15.9 Å². The van der Waals surface area contributed by atoms with E-state index in [4.69, 9.17) is 0 Å². The van der Waals surface area contributed by atoms with E-state index in [0.29, 0.717) is 0 Å². The number of hydrogen-bond donors (Lipinski definition) is 4. The lowest BCUT2D eigenvalue weighted by Gasteiger charge is -2.14. The van der Waals surface area contributed by atoms with Crippen molar-refractivity contribution in [2.75, 3.05) is 0 Å². The number of benzene rings is 2. The van der Waals surface area contributed by atoms with Crippen molar-refractivity contribution in [1.82, 2.24) is 0 Å². The summed E-state index contributed by atoms with van der Waals surface area (Å²) in [4.78, 5) is 12.1. The lowest BCUT2D eigenvalue weighted by Crippen LogP contribution is -2.02. The number of carbonyl (C=O) groups is 1. The van der Waals surface area contributed by atoms with Crippen LogP contribution < -0.4 is 0 Å². The van der Waals surface area contributed by atoms with Gasteiger partial charge in [-0.2, -0.15) is 0 Å². The maximum atomic E-state index is 12.1. The van der Waals surface area contributed by atoms with Gasteiger partial charge in [0.2, 0.25) is 0 Å². The van der Waals surface area contributed by atoms with E-state index in [1.165, 1.54) is 12.1 Å². The Morgan fingerprint density at radius 3 is 2.14 bits per heavy atom. The molecule has 110 valence electrons. The van der Waals surface area contributed by atoms with E-state index >= 15 is 0 Å². The van der Waals surface area contributed by atoms with Crippen molar-refractivity contribution in [3.8, 4) is 34.1 Å². The lowest BCUT2D eigenvalue weighted by molar-refractivity contribution is 0.0987. The lowest BCUT2D eigenvalue weighted by atomic mass is 9.94. The minimum atomic E-state index is -0.366. The fourth-order valence-electron chi connectivity index (χ4n) is 2.10. The van der Waals surface area contributed by atoms with Crippen LogP contribution in [0.25, 0.3) is 11.1 Å². The van der Waals surface area contributed by atoms with Crippen molar-refractivity contribution in [2.24, 2.45) is 0 Å². The van der Waals surface area contributed by atoms with Crippen LogP contribution in [0.4, 0.5) is 0 Å². The molecule has 0 atom stereocenters. The molecule has 4 N–H and O–H groups in total. The average Bonchev–Trinajstić information content (AvgIpc) is 2.41. The molecule has 0 aliphatic carbocycles. The Hall–Kier alpha value is -2.21. The molecule has 0 saturated heterocycles. The highest BCUT2D eigenvalue weighted by Gasteiger charge is 2.22. The zero-order chi connectivity index (χ0) is 15.7. The van der Waals surface area contributed by atoms with Gasteiger partial charge >= 0.3 is 0 Å². The molecule has 0 radical (unpaired) electrons. The zero-order valence-electron chi connectivity index (χ0n) is 11.1. The van der Waals surface area contributed by atoms with Gasteiger partial charge in [0.15, 0.2) is 5.78 Å². The minimum absolute atomic E-state index is 0.0188. The van der Waals surface area contributed by atoms with Gasteiger partial charge in [0, 0.05) is 29.7 Å². The second kappa shape index (κ2) is 5.65. The number of aromatic hydroxyl groups is 4. The van der Waals surface area contributed by atoms with Crippen LogP contribution in [0.1, 0.15) is 23.7 Å². The van der Waals surface area contributed by atoms with E-state index in [2.05, 4.69) is 15.9 Å². The third-order valence-electron chi connectivity index (χ3n) is 3.07. The maximum Gasteiger partial charge on any atom is 0.164 e. The highest BCUT2D eigenvalue weighted by atomic mass is 79.9. The van der Waals surface area contributed by atoms with Crippen molar-refractivity contribution in [2.45, 2.75) is 13.3 Å². The fraction of sp³-hybridized carbons (Fsp3) is 0.133. The Kier molecular flexibility index (Phi) is 4.09. The minimum Gasteiger partial charge on any atom is -0.508 e. The number of carbonyl (C=O) groups excluding carboxylic acids is 1. The summed E-state index contributed by atoms with van der Waals surface area (Å²) in [5, 5.41) is 39.0. The van der Waals surface area contributed by atoms with Crippen molar-refractivity contribution in [1.29, 1.82) is 0 Å². The van der Waals surface area contributed by atoms with E-state index < -0.39 is 0 Å². The molecule has 6 heteroatoms. The number of hydrogen-bond acceptors (Lipinski definition) is 5. The van der Waals surface area contributed by atoms with E-state index in [0.717, 1.165) is 12.1 Å². The number of phenols is 4. The topological polar surface area (TPSA) is 98.0 Å². The van der Waals surface area contributed by atoms with Crippen molar-refractivity contribution in [3.63, 3.8) is 0 Å². The maximum absolute atomic E-state index is 12.1. The second-order valence-electron chi connectivity index (χ2n) is 4.46. The molecule has 0 heterocycles. The molecule has 0 bridgehead atoms. The number of ketones is 1. The molecule has 5 nitrogen and oxygen atoms in total. The third-order valence-corrected chi connectivity index (χ3v) is 3.88. The van der Waals surface area contributed by atoms with Crippen LogP contribution in [0.2, 0.25) is 0 Å². The summed E-state index contributed by atoms with van der Waals surface area (Å²) < 4.78 is 0.193. The summed E-state index contributed by atoms with van der Waals surface area (Å²) in [6.45, 7) is 1.67. The highest BCUT2D eigenvalue weighted by Crippen LogP contribution is 2.45. The largest absolute Gasteiger partial charge is 0.508 e. The monoisotopic (exact) mass is 352 g/mol. The molecule has 2 aromatic rings. The molecule has 0 aromatic heterocycles. The molecule has 0 spiro atoms. The van der Waals surface area contributed by atoms with Crippen LogP contribution in [0.15, 0.2) is 28.7 Å². The summed E-state index contributed by atoms with van der Waals surface area (Å²) in [5.41, 5.74) is 0.445. The Morgan fingerprint density at radius 2 is 1.62 bits per heavy atom. The van der Waals surface area contributed by atoms with Crippen molar-refractivity contribution in [3.05, 3.63) is 34.3 Å². The van der Waals surface area contributed by atoms with Gasteiger partial charge in [-0.1, -0.05) is 6.92 Å². The predicted molar refractivity (Wildman–Crippen MR) is 80.9 cm³/mol. The predicted octanol–water partition coefficient (Wildman–Crippen LogP) is 3.53. The molecular formula is C15H13BrO5. The van der Waals surface area contributed by atoms with Gasteiger partial charge in [0.1, 0.15) is 23.0 Å². The van der Waals surface area contributed by atoms with Crippen LogP contribution in [0.3, 0.4) is 0 Å². The van der Waals surface area contributed by atoms with E-state index in [9.17, 15) is 25.2 Å². The Labute approximate surface area is 129 Å². The molecule has 0 unspecified atom stereocenters. The molecule has 0 fully saturated rings. The summed E-state index contributed by atoms with van der Waals surface area (Å²) in [5.74, 6) is -1.41. The van der Waals surface area contributed by atoms with Gasteiger partial charge in [-0.15, -0.1) is 0 Å². The molecule has 21 heavy (non-hydrogen) atoms. The molecule has 0 amide bonds. The molecule has 0 aliphatic rings. The fourth-order valence-corrected chi connectivity index (χ4v) is 2.66. The number of phenolic OH excluding ortho intramolecular Hbond substituents is 4. The first-order valence-electron chi connectivity index (χ1n) is 6.16. The van der Waals surface area contributed by atoms with Crippen LogP contribution in [-0.2, 0) is 0 Å². The van der Waals surface area contributed by atoms with Gasteiger partial charge in [0.05, 0.1) is 10.0 Å². The van der Waals surface area contributed by atoms with Gasteiger partial charge in [0.25, 0.3) is 0 Å². The third kappa shape index (κ3) is 2.67. The Balaban J connectivity index is 2.82. The number of halogens is 1. The molecular weight excluding hydrogens is 340 g/mol. The summed E-state index contributed by atoms with van der Waals surface area (Å²) in [7, 11) is 0. The van der Waals surface area contributed by atoms with Crippen LogP contribution in [-0.4, -0.2) is 26.2 Å². The first kappa shape index (κ1) is 15.2. The van der Waals surface area contributed by atoms with Gasteiger partial charge in [-0.05, 0) is 28.1 Å². The molecule has 2 aromatic carbocycles. The molecule has 0 aliphatic heterocycles. The second-order valence-corrected chi connectivity index (χ2v) is 5.25. The SMILES string of the molecule is CCC(=O)c1c(-c2c(O)cc(O)cc2O)ccc(O)c1Br. The highest BCUT2D eigenvalue weighted by molar-refractivity contribution is 9.10. The van der Waals surface area contributed by atoms with Gasteiger partial charge in [-0.25, -0.2) is 0 Å². The summed E-state index contributed by atoms with van der Waals surface area (Å²) in [6, 6.07) is 4.90. The quantitative estimate of drug-likeness (QED) is 0.633. The van der Waals surface area contributed by atoms with Crippen molar-refractivity contribution < 1.29 is 25.2 Å². The first-order valence-corrected chi connectivity index (χ1v) is 6.96. The van der Waals surface area contributed by atoms with Gasteiger partial charge in [-0.3, -0.25) is 4.79 Å². The Bertz CT molecular complexity index is 701. The number of rotatable bonds is 3. The van der Waals surface area contributed by atoms with Crippen LogP contribution in [0.5, 0.6) is 23.0 Å². The van der Waals surface area contributed by atoms with Gasteiger partial charge < -0.3 is 20.4 Å². The Morgan fingerprint density at radius 1 is 1.05 bits per heavy atom. The molecule has 2 rings (SSSR count). The van der Waals surface area contributed by atoms with E-state index in [-0.39, 0.29) is 56.4 Å². The standard InChI is InChI=1S/C15H13BrO5/c1-2-9(18)14-8(3-4-10(19)15(14)16)13-11(20)5-7(17)6-12(13)21/h3-6,17,19-21H,2H2,1H3. The zero-order valence-corrected chi connectivity index (χ0v) is 12.7. The van der Waals surface area contributed by atoms with Crippen LogP contribution in [0, 0.1) is 0 Å². The van der Waals surface area contributed by atoms with Crippen molar-refractivity contribution >= 4 is 21.7 Å². The number of Topliss-reactive ketones (excluding diaryl/α,β-unsaturated/α-hetero) is 1. The smallest absolute Gasteiger partial charge is 0.164 e. The normalized spacial score (nSPS) is 10.6. The summed E-state index contributed by atoms with van der Waals surface area (Å²) >= 11 is 3.15. The van der Waals surface area contributed by atoms with E-state index in [1.807, 2.05) is 0 Å². The first-order chi connectivity index (χ1) is 9.86. The average molecular weight is 353 g/mol. The van der Waals surface area contributed by atoms with E-state index in [1.54, 1.807) is 6.92 Å².